The van der Waals surface area contributed by atoms with Gasteiger partial charge in [0.05, 0.1) is 6.61 Å². The standard InChI is InChI=1S/C10H16N2O2S/c1-7(2)9-6-8(12-15-9)10(13)11-4-5-14-3/h6-7H,4-5H2,1-3H3,(H,11,13). The van der Waals surface area contributed by atoms with Crippen molar-refractivity contribution in [3.8, 4) is 0 Å². The number of aromatic nitrogens is 1. The second-order valence-corrected chi connectivity index (χ2v) is 4.35. The molecule has 0 aliphatic heterocycles. The Kier molecular flexibility index (Phi) is 4.71. The fourth-order valence-corrected chi connectivity index (χ4v) is 1.74. The molecule has 0 atom stereocenters. The fraction of sp³-hybridized carbons (Fsp3) is 0.600. The van der Waals surface area contributed by atoms with Gasteiger partial charge in [0, 0.05) is 18.5 Å². The van der Waals surface area contributed by atoms with Crippen LogP contribution < -0.4 is 5.32 Å². The fourth-order valence-electron chi connectivity index (χ4n) is 1.03. The first-order valence-electron chi connectivity index (χ1n) is 4.89. The Hall–Kier alpha value is -0.940. The van der Waals surface area contributed by atoms with Gasteiger partial charge in [-0.2, -0.15) is 4.37 Å². The average Bonchev–Trinajstić information content (AvgIpc) is 2.66. The Morgan fingerprint density at radius 1 is 1.67 bits per heavy atom. The summed E-state index contributed by atoms with van der Waals surface area (Å²) in [6.45, 7) is 5.21. The van der Waals surface area contributed by atoms with Gasteiger partial charge in [0.25, 0.3) is 5.91 Å². The minimum Gasteiger partial charge on any atom is -0.383 e. The van der Waals surface area contributed by atoms with Gasteiger partial charge in [0.1, 0.15) is 5.69 Å². The summed E-state index contributed by atoms with van der Waals surface area (Å²) in [5.74, 6) is 0.290. The molecule has 0 fully saturated rings. The Bertz CT molecular complexity index is 323. The van der Waals surface area contributed by atoms with Crippen molar-refractivity contribution in [1.29, 1.82) is 0 Å². The summed E-state index contributed by atoms with van der Waals surface area (Å²) in [4.78, 5) is 12.7. The van der Waals surface area contributed by atoms with Crippen molar-refractivity contribution < 1.29 is 9.53 Å². The Labute approximate surface area is 93.8 Å². The first kappa shape index (κ1) is 12.1. The molecular formula is C10H16N2O2S. The summed E-state index contributed by atoms with van der Waals surface area (Å²) in [7, 11) is 1.60. The monoisotopic (exact) mass is 228 g/mol. The zero-order valence-electron chi connectivity index (χ0n) is 9.24. The zero-order chi connectivity index (χ0) is 11.3. The topological polar surface area (TPSA) is 51.2 Å². The smallest absolute Gasteiger partial charge is 0.271 e. The molecule has 4 nitrogen and oxygen atoms in total. The van der Waals surface area contributed by atoms with Crippen LogP contribution >= 0.6 is 11.5 Å². The second-order valence-electron chi connectivity index (χ2n) is 3.52. The van der Waals surface area contributed by atoms with Crippen LogP contribution in [-0.2, 0) is 4.74 Å². The molecule has 1 amide bonds. The summed E-state index contributed by atoms with van der Waals surface area (Å²) in [5, 5.41) is 2.73. The van der Waals surface area contributed by atoms with E-state index in [0.29, 0.717) is 24.8 Å². The molecule has 5 heteroatoms. The van der Waals surface area contributed by atoms with E-state index in [9.17, 15) is 4.79 Å². The van der Waals surface area contributed by atoms with Crippen molar-refractivity contribution >= 4 is 17.4 Å². The van der Waals surface area contributed by atoms with Crippen molar-refractivity contribution in [1.82, 2.24) is 9.69 Å². The molecule has 0 aliphatic rings. The van der Waals surface area contributed by atoms with E-state index >= 15 is 0 Å². The number of carbonyl (C=O) groups excluding carboxylic acids is 1. The molecule has 0 unspecified atom stereocenters. The van der Waals surface area contributed by atoms with Gasteiger partial charge in [-0.25, -0.2) is 0 Å². The number of hydrogen-bond donors (Lipinski definition) is 1. The van der Waals surface area contributed by atoms with Gasteiger partial charge in [-0.05, 0) is 23.5 Å². The highest BCUT2D eigenvalue weighted by atomic mass is 32.1. The lowest BCUT2D eigenvalue weighted by atomic mass is 10.2. The number of amides is 1. The highest BCUT2D eigenvalue weighted by Gasteiger charge is 2.11. The molecule has 1 aromatic rings. The van der Waals surface area contributed by atoms with E-state index in [1.807, 2.05) is 6.07 Å². The molecular weight excluding hydrogens is 212 g/mol. The van der Waals surface area contributed by atoms with Crippen LogP contribution in [-0.4, -0.2) is 30.5 Å². The van der Waals surface area contributed by atoms with E-state index < -0.39 is 0 Å². The third-order valence-corrected chi connectivity index (χ3v) is 3.01. The normalized spacial score (nSPS) is 10.7. The molecule has 1 heterocycles. The lowest BCUT2D eigenvalue weighted by molar-refractivity contribution is 0.0933. The van der Waals surface area contributed by atoms with Gasteiger partial charge >= 0.3 is 0 Å². The summed E-state index contributed by atoms with van der Waals surface area (Å²) in [6, 6.07) is 1.84. The third-order valence-electron chi connectivity index (χ3n) is 1.92. The number of rotatable bonds is 5. The highest BCUT2D eigenvalue weighted by molar-refractivity contribution is 7.06. The van der Waals surface area contributed by atoms with Crippen LogP contribution in [0.25, 0.3) is 0 Å². The molecule has 0 aromatic carbocycles. The minimum atomic E-state index is -0.129. The summed E-state index contributed by atoms with van der Waals surface area (Å²) in [5.41, 5.74) is 0.500. The van der Waals surface area contributed by atoms with Crippen molar-refractivity contribution in [2.24, 2.45) is 0 Å². The quantitative estimate of drug-likeness (QED) is 0.779. The largest absolute Gasteiger partial charge is 0.383 e. The second kappa shape index (κ2) is 5.82. The molecule has 15 heavy (non-hydrogen) atoms. The van der Waals surface area contributed by atoms with E-state index in [1.54, 1.807) is 7.11 Å². The number of ether oxygens (including phenoxy) is 1. The number of nitrogens with zero attached hydrogens (tertiary/aromatic N) is 1. The number of methoxy groups -OCH3 is 1. The molecule has 0 saturated heterocycles. The molecule has 0 spiro atoms. The van der Waals surface area contributed by atoms with E-state index in [0.717, 1.165) is 4.88 Å². The van der Waals surface area contributed by atoms with E-state index in [4.69, 9.17) is 4.74 Å². The molecule has 0 saturated carbocycles. The van der Waals surface area contributed by atoms with Gasteiger partial charge < -0.3 is 10.1 Å². The first-order chi connectivity index (χ1) is 7.15. The molecule has 84 valence electrons. The van der Waals surface area contributed by atoms with E-state index in [1.165, 1.54) is 11.5 Å². The van der Waals surface area contributed by atoms with Gasteiger partial charge in [0.15, 0.2) is 0 Å². The van der Waals surface area contributed by atoms with Crippen molar-refractivity contribution in [3.63, 3.8) is 0 Å². The summed E-state index contributed by atoms with van der Waals surface area (Å²) < 4.78 is 8.94. The lowest BCUT2D eigenvalue weighted by Crippen LogP contribution is -2.27. The predicted molar refractivity (Wildman–Crippen MR) is 60.4 cm³/mol. The molecule has 0 radical (unpaired) electrons. The van der Waals surface area contributed by atoms with Gasteiger partial charge in [-0.3, -0.25) is 4.79 Å². The third kappa shape index (κ3) is 3.60. The minimum absolute atomic E-state index is 0.129. The number of hydrogen-bond acceptors (Lipinski definition) is 4. The zero-order valence-corrected chi connectivity index (χ0v) is 10.1. The molecule has 1 rings (SSSR count). The number of carbonyl (C=O) groups is 1. The van der Waals surface area contributed by atoms with Gasteiger partial charge in [-0.15, -0.1) is 0 Å². The van der Waals surface area contributed by atoms with Crippen LogP contribution in [0.3, 0.4) is 0 Å². The average molecular weight is 228 g/mol. The Balaban J connectivity index is 2.51. The Morgan fingerprint density at radius 3 is 2.93 bits per heavy atom. The molecule has 0 bridgehead atoms. The maximum absolute atomic E-state index is 11.5. The molecule has 1 N–H and O–H groups in total. The van der Waals surface area contributed by atoms with Crippen LogP contribution in [0.1, 0.15) is 35.1 Å². The van der Waals surface area contributed by atoms with E-state index in [2.05, 4.69) is 23.5 Å². The first-order valence-corrected chi connectivity index (χ1v) is 5.66. The number of nitrogens with one attached hydrogen (secondary N) is 1. The van der Waals surface area contributed by atoms with Crippen LogP contribution in [0, 0.1) is 0 Å². The SMILES string of the molecule is COCCNC(=O)c1cc(C(C)C)sn1. The molecule has 1 aromatic heterocycles. The van der Waals surface area contributed by atoms with Crippen LogP contribution in [0.2, 0.25) is 0 Å². The van der Waals surface area contributed by atoms with E-state index in [-0.39, 0.29) is 5.91 Å². The van der Waals surface area contributed by atoms with Crippen molar-refractivity contribution in [2.75, 3.05) is 20.3 Å². The maximum atomic E-state index is 11.5. The van der Waals surface area contributed by atoms with Gasteiger partial charge in [0.2, 0.25) is 0 Å². The predicted octanol–water partition coefficient (Wildman–Crippen LogP) is 1.64. The van der Waals surface area contributed by atoms with Crippen LogP contribution in [0.4, 0.5) is 0 Å². The van der Waals surface area contributed by atoms with Crippen LogP contribution in [0.5, 0.6) is 0 Å². The highest BCUT2D eigenvalue weighted by Crippen LogP contribution is 2.19. The molecule has 0 aliphatic carbocycles. The maximum Gasteiger partial charge on any atom is 0.271 e. The van der Waals surface area contributed by atoms with Crippen molar-refractivity contribution in [3.05, 3.63) is 16.6 Å². The lowest BCUT2D eigenvalue weighted by Gasteiger charge is -2.01. The van der Waals surface area contributed by atoms with Gasteiger partial charge in [-0.1, -0.05) is 13.8 Å². The van der Waals surface area contributed by atoms with Crippen LogP contribution in [0.15, 0.2) is 6.07 Å². The van der Waals surface area contributed by atoms with Crippen molar-refractivity contribution in [2.45, 2.75) is 19.8 Å². The summed E-state index contributed by atoms with van der Waals surface area (Å²) >= 11 is 1.38. The Morgan fingerprint density at radius 2 is 2.40 bits per heavy atom. The summed E-state index contributed by atoms with van der Waals surface area (Å²) in [6.07, 6.45) is 0.